The van der Waals surface area contributed by atoms with E-state index in [0.29, 0.717) is 0 Å². The van der Waals surface area contributed by atoms with Gasteiger partial charge in [-0.3, -0.25) is 0 Å². The first-order chi connectivity index (χ1) is 8.79. The van der Waals surface area contributed by atoms with Gasteiger partial charge < -0.3 is 0 Å². The smallest absolute Gasteiger partial charge is 0.0386 e. The van der Waals surface area contributed by atoms with Gasteiger partial charge in [0, 0.05) is 0 Å². The Bertz CT molecular complexity index is 204. The van der Waals surface area contributed by atoms with Gasteiger partial charge in [-0.15, -0.1) is 0 Å². The highest BCUT2D eigenvalue weighted by molar-refractivity contribution is 4.82. The first-order valence-electron chi connectivity index (χ1n) is 8.62. The minimum absolute atomic E-state index is 0.770. The predicted octanol–water partition coefficient (Wildman–Crippen LogP) is 6.01. The van der Waals surface area contributed by atoms with Crippen LogP contribution in [0.4, 0.5) is 0 Å². The van der Waals surface area contributed by atoms with Gasteiger partial charge in [-0.25, -0.2) is 0 Å². The fourth-order valence-electron chi connectivity index (χ4n) is 4.29. The minimum atomic E-state index is 0.770. The number of hydrogen-bond donors (Lipinski definition) is 0. The zero-order chi connectivity index (χ0) is 12.8. The van der Waals surface area contributed by atoms with Crippen LogP contribution >= 0.6 is 0 Å². The third-order valence-corrected chi connectivity index (χ3v) is 5.67. The van der Waals surface area contributed by atoms with E-state index in [-0.39, 0.29) is 0 Å². The van der Waals surface area contributed by atoms with Crippen LogP contribution in [-0.2, 0) is 0 Å². The molecule has 2 aliphatic rings. The summed E-state index contributed by atoms with van der Waals surface area (Å²) in [4.78, 5) is 0. The Kier molecular flexibility index (Phi) is 6.05. The second-order valence-corrected chi connectivity index (χ2v) is 7.06. The Morgan fingerprint density at radius 1 is 0.778 bits per heavy atom. The summed E-state index contributed by atoms with van der Waals surface area (Å²) < 4.78 is 0. The lowest BCUT2D eigenvalue weighted by molar-refractivity contribution is 0.151. The van der Waals surface area contributed by atoms with E-state index in [9.17, 15) is 0 Å². The fraction of sp³-hybridized carbons (Fsp3) is 0.944. The molecule has 0 aromatic carbocycles. The average Bonchev–Trinajstić information content (AvgIpc) is 2.41. The van der Waals surface area contributed by atoms with E-state index in [1.807, 2.05) is 0 Å². The molecule has 2 fully saturated rings. The highest BCUT2D eigenvalue weighted by atomic mass is 14.3. The maximum absolute atomic E-state index is 4.23. The Morgan fingerprint density at radius 2 is 1.33 bits per heavy atom. The van der Waals surface area contributed by atoms with Crippen molar-refractivity contribution in [2.75, 3.05) is 0 Å². The number of unbranched alkanes of at least 4 members (excludes halogenated alkanes) is 2. The van der Waals surface area contributed by atoms with Crippen molar-refractivity contribution in [3.05, 3.63) is 6.92 Å². The van der Waals surface area contributed by atoms with Crippen LogP contribution in [0.5, 0.6) is 0 Å². The molecule has 2 rings (SSSR count). The molecule has 0 aliphatic heterocycles. The monoisotopic (exact) mass is 249 g/mol. The van der Waals surface area contributed by atoms with Gasteiger partial charge in [-0.2, -0.15) is 0 Å². The third kappa shape index (κ3) is 4.28. The maximum atomic E-state index is 4.23. The van der Waals surface area contributed by atoms with E-state index in [1.165, 1.54) is 51.4 Å². The van der Waals surface area contributed by atoms with Crippen LogP contribution in [0.2, 0.25) is 0 Å². The van der Waals surface area contributed by atoms with Crippen LogP contribution in [0.1, 0.15) is 84.0 Å². The van der Waals surface area contributed by atoms with Crippen molar-refractivity contribution in [1.82, 2.24) is 0 Å². The van der Waals surface area contributed by atoms with Gasteiger partial charge in [-0.1, -0.05) is 65.2 Å². The molecule has 0 unspecified atom stereocenters. The topological polar surface area (TPSA) is 0 Å². The van der Waals surface area contributed by atoms with Crippen LogP contribution in [0.3, 0.4) is 0 Å². The summed E-state index contributed by atoms with van der Waals surface area (Å²) >= 11 is 0. The molecule has 0 atom stereocenters. The predicted molar refractivity (Wildman–Crippen MR) is 80.4 cm³/mol. The van der Waals surface area contributed by atoms with Gasteiger partial charge in [0.2, 0.25) is 0 Å². The van der Waals surface area contributed by atoms with Crippen LogP contribution in [0, 0.1) is 30.6 Å². The third-order valence-electron chi connectivity index (χ3n) is 5.67. The highest BCUT2D eigenvalue weighted by Crippen LogP contribution is 2.42. The molecule has 2 saturated carbocycles. The van der Waals surface area contributed by atoms with Gasteiger partial charge >= 0.3 is 0 Å². The minimum Gasteiger partial charge on any atom is -0.0654 e. The van der Waals surface area contributed by atoms with Gasteiger partial charge in [0.1, 0.15) is 0 Å². The van der Waals surface area contributed by atoms with E-state index >= 15 is 0 Å². The van der Waals surface area contributed by atoms with Crippen molar-refractivity contribution in [3.63, 3.8) is 0 Å². The van der Waals surface area contributed by atoms with Crippen molar-refractivity contribution in [1.29, 1.82) is 0 Å². The largest absolute Gasteiger partial charge is 0.0654 e. The van der Waals surface area contributed by atoms with E-state index < -0.39 is 0 Å². The van der Waals surface area contributed by atoms with E-state index in [4.69, 9.17) is 0 Å². The van der Waals surface area contributed by atoms with Gasteiger partial charge in [-0.05, 0) is 49.4 Å². The molecular formula is C18H33. The molecule has 2 aliphatic carbocycles. The van der Waals surface area contributed by atoms with Crippen molar-refractivity contribution in [2.24, 2.45) is 23.7 Å². The second kappa shape index (κ2) is 7.56. The molecule has 0 aromatic rings. The van der Waals surface area contributed by atoms with E-state index in [1.54, 1.807) is 25.7 Å². The zero-order valence-corrected chi connectivity index (χ0v) is 12.5. The van der Waals surface area contributed by atoms with Crippen molar-refractivity contribution in [2.45, 2.75) is 84.0 Å². The van der Waals surface area contributed by atoms with Crippen LogP contribution < -0.4 is 0 Å². The molecule has 0 heteroatoms. The van der Waals surface area contributed by atoms with Crippen molar-refractivity contribution in [3.8, 4) is 0 Å². The Hall–Kier alpha value is 0. The maximum Gasteiger partial charge on any atom is -0.0386 e. The number of hydrogen-bond acceptors (Lipinski definition) is 0. The highest BCUT2D eigenvalue weighted by Gasteiger charge is 2.29. The Balaban J connectivity index is 1.63. The molecule has 0 spiro atoms. The summed E-state index contributed by atoms with van der Waals surface area (Å²) in [5.74, 6) is 4.00. The quantitative estimate of drug-likeness (QED) is 0.523. The Labute approximate surface area is 115 Å². The first-order valence-corrected chi connectivity index (χ1v) is 8.62. The van der Waals surface area contributed by atoms with Gasteiger partial charge in [0.05, 0.1) is 0 Å². The van der Waals surface area contributed by atoms with E-state index in [2.05, 4.69) is 13.8 Å². The molecule has 0 bridgehead atoms. The number of rotatable bonds is 5. The molecule has 0 heterocycles. The van der Waals surface area contributed by atoms with E-state index in [0.717, 1.165) is 23.7 Å². The summed E-state index contributed by atoms with van der Waals surface area (Å²) in [6.45, 7) is 6.55. The van der Waals surface area contributed by atoms with Gasteiger partial charge in [0.15, 0.2) is 0 Å². The SMILES string of the molecule is [CH2]C1CCC(C2CCC(CCCCC)CC2)CC1. The summed E-state index contributed by atoms with van der Waals surface area (Å²) in [7, 11) is 0. The molecule has 0 aromatic heterocycles. The average molecular weight is 249 g/mol. The molecule has 0 N–H and O–H groups in total. The zero-order valence-electron chi connectivity index (χ0n) is 12.5. The van der Waals surface area contributed by atoms with Crippen LogP contribution in [0.15, 0.2) is 0 Å². The fourth-order valence-corrected chi connectivity index (χ4v) is 4.29. The normalized spacial score (nSPS) is 37.7. The van der Waals surface area contributed by atoms with Crippen LogP contribution in [-0.4, -0.2) is 0 Å². The van der Waals surface area contributed by atoms with Crippen molar-refractivity contribution < 1.29 is 0 Å². The lowest BCUT2D eigenvalue weighted by atomic mass is 9.69. The molecule has 0 amide bonds. The summed E-state index contributed by atoms with van der Waals surface area (Å²) in [6.07, 6.45) is 17.8. The molecule has 1 radical (unpaired) electrons. The Morgan fingerprint density at radius 3 is 1.89 bits per heavy atom. The van der Waals surface area contributed by atoms with Gasteiger partial charge in [0.25, 0.3) is 0 Å². The van der Waals surface area contributed by atoms with Crippen LogP contribution in [0.25, 0.3) is 0 Å². The summed E-state index contributed by atoms with van der Waals surface area (Å²) in [6, 6.07) is 0. The molecule has 0 saturated heterocycles. The molecular weight excluding hydrogens is 216 g/mol. The standard InChI is InChI=1S/C18H33/c1-3-4-5-6-16-9-13-18(14-10-16)17-11-7-15(2)8-12-17/h15-18H,2-14H2,1H3. The molecule has 105 valence electrons. The lowest BCUT2D eigenvalue weighted by Crippen LogP contribution is -2.25. The first kappa shape index (κ1) is 14.4. The molecule has 0 nitrogen and oxygen atoms in total. The second-order valence-electron chi connectivity index (χ2n) is 7.06. The summed E-state index contributed by atoms with van der Waals surface area (Å²) in [5.41, 5.74) is 0. The lowest BCUT2D eigenvalue weighted by Gasteiger charge is -2.37. The summed E-state index contributed by atoms with van der Waals surface area (Å²) in [5, 5.41) is 0. The van der Waals surface area contributed by atoms with Crippen molar-refractivity contribution >= 4 is 0 Å². The molecule has 18 heavy (non-hydrogen) atoms.